The molecule has 0 N–H and O–H groups in total. The molecule has 0 aliphatic heterocycles. The molecule has 0 bridgehead atoms. The van der Waals surface area contributed by atoms with Gasteiger partial charge in [-0.25, -0.2) is 0 Å². The molecular formula is C19H17ClN2OS. The fourth-order valence-electron chi connectivity index (χ4n) is 2.56. The second-order valence-electron chi connectivity index (χ2n) is 5.64. The summed E-state index contributed by atoms with van der Waals surface area (Å²) in [7, 11) is 1.93. The number of rotatable bonds is 2. The van der Waals surface area contributed by atoms with Crippen molar-refractivity contribution in [2.45, 2.75) is 13.8 Å². The lowest BCUT2D eigenvalue weighted by Gasteiger charge is -2.05. The minimum Gasteiger partial charge on any atom is -0.319 e. The van der Waals surface area contributed by atoms with Gasteiger partial charge in [0.05, 0.1) is 5.69 Å². The number of carbonyl (C=O) groups is 1. The van der Waals surface area contributed by atoms with Gasteiger partial charge in [-0.1, -0.05) is 47.5 Å². The van der Waals surface area contributed by atoms with Gasteiger partial charge in [-0.2, -0.15) is 4.99 Å². The number of halogens is 1. The molecule has 0 atom stereocenters. The van der Waals surface area contributed by atoms with Gasteiger partial charge in [-0.3, -0.25) is 4.79 Å². The Hall–Kier alpha value is -2.17. The number of nitrogens with zero attached hydrogens (tertiary/aromatic N) is 2. The summed E-state index contributed by atoms with van der Waals surface area (Å²) in [4.78, 5) is 18.5. The Morgan fingerprint density at radius 3 is 2.50 bits per heavy atom. The number of carbonyl (C=O) groups excluding carboxylic acids is 1. The molecule has 5 heteroatoms. The zero-order valence-corrected chi connectivity index (χ0v) is 15.3. The molecule has 0 saturated carbocycles. The quantitative estimate of drug-likeness (QED) is 0.651. The van der Waals surface area contributed by atoms with Crippen LogP contribution in [0, 0.1) is 13.8 Å². The molecule has 1 amide bonds. The Balaban J connectivity index is 2.05. The highest BCUT2D eigenvalue weighted by Gasteiger charge is 2.11. The van der Waals surface area contributed by atoms with Crippen molar-refractivity contribution in [2.75, 3.05) is 0 Å². The molecule has 1 aromatic heterocycles. The minimum atomic E-state index is -0.287. The first-order chi connectivity index (χ1) is 11.5. The molecule has 2 aromatic carbocycles. The van der Waals surface area contributed by atoms with Crippen LogP contribution in [0.15, 0.2) is 53.5 Å². The Kier molecular flexibility index (Phi) is 4.69. The molecule has 0 aliphatic rings. The average Bonchev–Trinajstić information content (AvgIpc) is 2.82. The first kappa shape index (κ1) is 16.7. The van der Waals surface area contributed by atoms with E-state index in [0.717, 1.165) is 16.1 Å². The largest absolute Gasteiger partial charge is 0.319 e. The van der Waals surface area contributed by atoms with Crippen molar-refractivity contribution >= 4 is 28.8 Å². The van der Waals surface area contributed by atoms with Crippen molar-refractivity contribution < 1.29 is 4.79 Å². The van der Waals surface area contributed by atoms with E-state index in [4.69, 9.17) is 11.6 Å². The van der Waals surface area contributed by atoms with Gasteiger partial charge in [0.15, 0.2) is 4.80 Å². The molecule has 0 unspecified atom stereocenters. The van der Waals surface area contributed by atoms with Crippen LogP contribution < -0.4 is 4.80 Å². The van der Waals surface area contributed by atoms with Crippen LogP contribution in [-0.4, -0.2) is 10.5 Å². The third-order valence-corrected chi connectivity index (χ3v) is 5.08. The summed E-state index contributed by atoms with van der Waals surface area (Å²) in [5.41, 5.74) is 3.91. The van der Waals surface area contributed by atoms with E-state index in [2.05, 4.69) is 36.2 Å². The summed E-state index contributed by atoms with van der Waals surface area (Å²) in [6, 6.07) is 15.2. The van der Waals surface area contributed by atoms with Crippen molar-refractivity contribution in [2.24, 2.45) is 12.0 Å². The molecule has 3 rings (SSSR count). The van der Waals surface area contributed by atoms with Gasteiger partial charge < -0.3 is 4.57 Å². The number of hydrogen-bond donors (Lipinski definition) is 0. The topological polar surface area (TPSA) is 34.4 Å². The van der Waals surface area contributed by atoms with Crippen LogP contribution in [0.1, 0.15) is 20.8 Å². The fraction of sp³-hybridized carbons (Fsp3) is 0.158. The monoisotopic (exact) mass is 356 g/mol. The smallest absolute Gasteiger partial charge is 0.279 e. The van der Waals surface area contributed by atoms with Crippen LogP contribution in [-0.2, 0) is 7.05 Å². The zero-order chi connectivity index (χ0) is 17.3. The second kappa shape index (κ2) is 6.75. The molecule has 3 aromatic rings. The molecule has 0 spiro atoms. The Morgan fingerprint density at radius 1 is 1.12 bits per heavy atom. The first-order valence-electron chi connectivity index (χ1n) is 7.54. The van der Waals surface area contributed by atoms with Crippen molar-refractivity contribution in [3.8, 4) is 11.3 Å². The Bertz CT molecular complexity index is 968. The Labute approximate surface area is 149 Å². The molecule has 3 nitrogen and oxygen atoms in total. The van der Waals surface area contributed by atoms with Crippen LogP contribution in [0.3, 0.4) is 0 Å². The van der Waals surface area contributed by atoms with Crippen LogP contribution in [0.5, 0.6) is 0 Å². The van der Waals surface area contributed by atoms with Gasteiger partial charge >= 0.3 is 0 Å². The lowest BCUT2D eigenvalue weighted by molar-refractivity contribution is 0.0998. The summed E-state index contributed by atoms with van der Waals surface area (Å²) in [6.07, 6.45) is 0. The SMILES string of the molecule is Cc1ccc(-c2c(C)sc(=NC(=O)c3cccc(Cl)c3)n2C)cc1. The standard InChI is InChI=1S/C19H17ClN2OS/c1-12-7-9-14(10-8-12)17-13(2)24-19(22(17)3)21-18(23)15-5-4-6-16(20)11-15/h4-11H,1-3H3. The number of thiazole rings is 1. The van der Waals surface area contributed by atoms with E-state index in [1.165, 1.54) is 16.9 Å². The van der Waals surface area contributed by atoms with E-state index in [9.17, 15) is 4.79 Å². The van der Waals surface area contributed by atoms with Crippen LogP contribution >= 0.6 is 22.9 Å². The predicted octanol–water partition coefficient (Wildman–Crippen LogP) is 4.76. The third kappa shape index (κ3) is 3.35. The van der Waals surface area contributed by atoms with Crippen molar-refractivity contribution in [3.05, 3.63) is 74.4 Å². The molecule has 122 valence electrons. The summed E-state index contributed by atoms with van der Waals surface area (Å²) < 4.78 is 1.97. The number of aryl methyl sites for hydroxylation is 2. The Morgan fingerprint density at radius 2 is 1.83 bits per heavy atom. The zero-order valence-electron chi connectivity index (χ0n) is 13.7. The fourth-order valence-corrected chi connectivity index (χ4v) is 3.74. The summed E-state index contributed by atoms with van der Waals surface area (Å²) in [5.74, 6) is -0.287. The molecule has 0 saturated heterocycles. The van der Waals surface area contributed by atoms with Crippen molar-refractivity contribution in [1.82, 2.24) is 4.57 Å². The maximum atomic E-state index is 12.4. The average molecular weight is 357 g/mol. The summed E-state index contributed by atoms with van der Waals surface area (Å²) >= 11 is 7.46. The first-order valence-corrected chi connectivity index (χ1v) is 8.73. The molecule has 0 radical (unpaired) electrons. The highest BCUT2D eigenvalue weighted by atomic mass is 35.5. The van der Waals surface area contributed by atoms with Crippen LogP contribution in [0.25, 0.3) is 11.3 Å². The summed E-state index contributed by atoms with van der Waals surface area (Å²) in [5, 5.41) is 0.531. The van der Waals surface area contributed by atoms with Gasteiger partial charge in [-0.15, -0.1) is 11.3 Å². The maximum Gasteiger partial charge on any atom is 0.279 e. The number of amides is 1. The molecule has 1 heterocycles. The van der Waals surface area contributed by atoms with Crippen LogP contribution in [0.4, 0.5) is 0 Å². The number of aromatic nitrogens is 1. The van der Waals surface area contributed by atoms with Crippen molar-refractivity contribution in [1.29, 1.82) is 0 Å². The molecule has 24 heavy (non-hydrogen) atoms. The maximum absolute atomic E-state index is 12.4. The minimum absolute atomic E-state index is 0.287. The molecule has 0 aliphatic carbocycles. The highest BCUT2D eigenvalue weighted by Crippen LogP contribution is 2.24. The normalized spacial score (nSPS) is 11.8. The number of benzene rings is 2. The lowest BCUT2D eigenvalue weighted by atomic mass is 10.1. The second-order valence-corrected chi connectivity index (χ2v) is 7.26. The van der Waals surface area contributed by atoms with E-state index in [1.54, 1.807) is 24.3 Å². The van der Waals surface area contributed by atoms with Crippen LogP contribution in [0.2, 0.25) is 5.02 Å². The van der Waals surface area contributed by atoms with Gasteiger partial charge in [0.25, 0.3) is 5.91 Å². The van der Waals surface area contributed by atoms with Gasteiger partial charge in [0, 0.05) is 22.5 Å². The lowest BCUT2D eigenvalue weighted by Crippen LogP contribution is -2.14. The predicted molar refractivity (Wildman–Crippen MR) is 99.5 cm³/mol. The van der Waals surface area contributed by atoms with E-state index >= 15 is 0 Å². The summed E-state index contributed by atoms with van der Waals surface area (Å²) in [6.45, 7) is 4.11. The van der Waals surface area contributed by atoms with E-state index in [0.29, 0.717) is 15.4 Å². The van der Waals surface area contributed by atoms with Gasteiger partial charge in [-0.05, 0) is 37.6 Å². The molecular weight excluding hydrogens is 340 g/mol. The molecule has 0 fully saturated rings. The van der Waals surface area contributed by atoms with E-state index < -0.39 is 0 Å². The van der Waals surface area contributed by atoms with Crippen molar-refractivity contribution in [3.63, 3.8) is 0 Å². The van der Waals surface area contributed by atoms with Gasteiger partial charge in [0.2, 0.25) is 0 Å². The number of hydrogen-bond acceptors (Lipinski definition) is 2. The van der Waals surface area contributed by atoms with Gasteiger partial charge in [0.1, 0.15) is 0 Å². The third-order valence-electron chi connectivity index (χ3n) is 3.79. The highest BCUT2D eigenvalue weighted by molar-refractivity contribution is 7.09. The van der Waals surface area contributed by atoms with E-state index in [-0.39, 0.29) is 5.91 Å². The van der Waals surface area contributed by atoms with E-state index in [1.807, 2.05) is 18.5 Å².